The van der Waals surface area contributed by atoms with E-state index in [1.54, 1.807) is 6.08 Å². The first-order valence-corrected chi connectivity index (χ1v) is 4.81. The lowest BCUT2D eigenvalue weighted by Crippen LogP contribution is -1.97. The Hall–Kier alpha value is -1.71. The predicted octanol–water partition coefficient (Wildman–Crippen LogP) is 3.72. The summed E-state index contributed by atoms with van der Waals surface area (Å²) in [6.45, 7) is 0. The number of benzene rings is 1. The summed E-state index contributed by atoms with van der Waals surface area (Å²) in [6, 6.07) is 1.92. The minimum absolute atomic E-state index is 0.229. The highest BCUT2D eigenvalue weighted by Gasteiger charge is 2.14. The highest BCUT2D eigenvalue weighted by Crippen LogP contribution is 2.27. The van der Waals surface area contributed by atoms with E-state index in [1.807, 2.05) is 0 Å². The maximum Gasteiger partial charge on any atom is 0.194 e. The Kier molecular flexibility index (Phi) is 2.73. The van der Waals surface area contributed by atoms with Gasteiger partial charge in [0.15, 0.2) is 17.5 Å². The summed E-state index contributed by atoms with van der Waals surface area (Å²) >= 11 is 0. The Labute approximate surface area is 90.5 Å². The van der Waals surface area contributed by atoms with Crippen LogP contribution >= 0.6 is 0 Å². The molecule has 0 spiro atoms. The second-order valence-corrected chi connectivity index (χ2v) is 3.60. The van der Waals surface area contributed by atoms with Gasteiger partial charge in [-0.2, -0.15) is 0 Å². The first kappa shape index (κ1) is 10.8. The molecule has 1 aromatic rings. The number of allylic oxidation sites excluding steroid dienone is 4. The van der Waals surface area contributed by atoms with Crippen LogP contribution in [0.25, 0.3) is 5.57 Å². The molecule has 0 atom stereocenters. The van der Waals surface area contributed by atoms with E-state index in [2.05, 4.69) is 0 Å². The van der Waals surface area contributed by atoms with Gasteiger partial charge < -0.3 is 5.11 Å². The smallest absolute Gasteiger partial charge is 0.194 e. The molecule has 0 amide bonds. The van der Waals surface area contributed by atoms with E-state index in [-0.39, 0.29) is 5.76 Å². The van der Waals surface area contributed by atoms with Gasteiger partial charge in [-0.15, -0.1) is 0 Å². The molecule has 0 saturated carbocycles. The molecule has 1 aliphatic rings. The Morgan fingerprint density at radius 2 is 1.56 bits per heavy atom. The van der Waals surface area contributed by atoms with Crippen LogP contribution in [0.15, 0.2) is 30.0 Å². The van der Waals surface area contributed by atoms with Crippen LogP contribution < -0.4 is 0 Å². The second-order valence-electron chi connectivity index (χ2n) is 3.60. The molecule has 16 heavy (non-hydrogen) atoms. The lowest BCUT2D eigenvalue weighted by Gasteiger charge is -2.11. The van der Waals surface area contributed by atoms with Gasteiger partial charge in [0.1, 0.15) is 0 Å². The van der Waals surface area contributed by atoms with Crippen molar-refractivity contribution in [3.05, 3.63) is 53.1 Å². The largest absolute Gasteiger partial charge is 0.512 e. The van der Waals surface area contributed by atoms with Crippen molar-refractivity contribution >= 4 is 5.57 Å². The Morgan fingerprint density at radius 1 is 0.938 bits per heavy atom. The molecular weight excluding hydrogens is 217 g/mol. The van der Waals surface area contributed by atoms with Crippen molar-refractivity contribution < 1.29 is 18.3 Å². The van der Waals surface area contributed by atoms with Gasteiger partial charge in [0, 0.05) is 6.42 Å². The molecule has 2 rings (SSSR count). The van der Waals surface area contributed by atoms with Crippen LogP contribution in [0.1, 0.15) is 18.4 Å². The van der Waals surface area contributed by atoms with E-state index < -0.39 is 17.5 Å². The first-order chi connectivity index (χ1) is 7.58. The molecule has 0 fully saturated rings. The lowest BCUT2D eigenvalue weighted by atomic mass is 9.96. The number of hydrogen-bond donors (Lipinski definition) is 1. The molecule has 0 radical (unpaired) electrons. The van der Waals surface area contributed by atoms with Crippen LogP contribution in [0.5, 0.6) is 0 Å². The molecule has 0 heterocycles. The number of aliphatic hydroxyl groups excluding tert-OH is 1. The monoisotopic (exact) mass is 226 g/mol. The summed E-state index contributed by atoms with van der Waals surface area (Å²) < 4.78 is 38.6. The van der Waals surface area contributed by atoms with Crippen LogP contribution in [0.3, 0.4) is 0 Å². The van der Waals surface area contributed by atoms with Crippen molar-refractivity contribution in [2.75, 3.05) is 0 Å². The summed E-state index contributed by atoms with van der Waals surface area (Å²) in [5.41, 5.74) is 0.982. The van der Waals surface area contributed by atoms with Gasteiger partial charge in [-0.25, -0.2) is 13.2 Å². The Morgan fingerprint density at radius 3 is 2.06 bits per heavy atom. The van der Waals surface area contributed by atoms with E-state index >= 15 is 0 Å². The fourth-order valence-corrected chi connectivity index (χ4v) is 1.61. The van der Waals surface area contributed by atoms with Gasteiger partial charge in [0.05, 0.1) is 5.76 Å². The maximum atomic E-state index is 13.0. The van der Waals surface area contributed by atoms with Gasteiger partial charge in [0.2, 0.25) is 0 Å². The molecule has 0 aromatic heterocycles. The van der Waals surface area contributed by atoms with Crippen molar-refractivity contribution in [3.63, 3.8) is 0 Å². The SMILES string of the molecule is OC1=CC=C(c2cc(F)c(F)c(F)c2)CC1. The third kappa shape index (κ3) is 1.96. The molecule has 0 unspecified atom stereocenters. The van der Waals surface area contributed by atoms with Crippen molar-refractivity contribution in [2.24, 2.45) is 0 Å². The maximum absolute atomic E-state index is 13.0. The summed E-state index contributed by atoms with van der Waals surface area (Å²) in [4.78, 5) is 0. The number of halogens is 3. The highest BCUT2D eigenvalue weighted by atomic mass is 19.2. The zero-order chi connectivity index (χ0) is 11.7. The average Bonchev–Trinajstić information content (AvgIpc) is 2.26. The molecule has 0 saturated heterocycles. The van der Waals surface area contributed by atoms with Gasteiger partial charge >= 0.3 is 0 Å². The van der Waals surface area contributed by atoms with Crippen molar-refractivity contribution in [1.82, 2.24) is 0 Å². The topological polar surface area (TPSA) is 20.2 Å². The van der Waals surface area contributed by atoms with E-state index in [1.165, 1.54) is 6.08 Å². The van der Waals surface area contributed by atoms with Crippen molar-refractivity contribution in [1.29, 1.82) is 0 Å². The predicted molar refractivity (Wildman–Crippen MR) is 54.2 cm³/mol. The van der Waals surface area contributed by atoms with Crippen LogP contribution in [0.2, 0.25) is 0 Å². The molecule has 0 aliphatic heterocycles. The van der Waals surface area contributed by atoms with E-state index in [9.17, 15) is 13.2 Å². The third-order valence-electron chi connectivity index (χ3n) is 2.48. The van der Waals surface area contributed by atoms with Crippen LogP contribution in [0.4, 0.5) is 13.2 Å². The molecule has 84 valence electrons. The van der Waals surface area contributed by atoms with E-state index in [4.69, 9.17) is 5.11 Å². The number of hydrogen-bond acceptors (Lipinski definition) is 1. The molecule has 0 bridgehead atoms. The lowest BCUT2D eigenvalue weighted by molar-refractivity contribution is 0.388. The minimum Gasteiger partial charge on any atom is -0.512 e. The van der Waals surface area contributed by atoms with Gasteiger partial charge in [-0.05, 0) is 35.8 Å². The molecule has 1 aliphatic carbocycles. The van der Waals surface area contributed by atoms with Crippen LogP contribution in [-0.2, 0) is 0 Å². The number of aliphatic hydroxyl groups is 1. The average molecular weight is 226 g/mol. The zero-order valence-electron chi connectivity index (χ0n) is 8.30. The first-order valence-electron chi connectivity index (χ1n) is 4.81. The normalized spacial score (nSPS) is 15.7. The van der Waals surface area contributed by atoms with Crippen molar-refractivity contribution in [2.45, 2.75) is 12.8 Å². The fraction of sp³-hybridized carbons (Fsp3) is 0.167. The van der Waals surface area contributed by atoms with E-state index in [0.717, 1.165) is 12.1 Å². The minimum atomic E-state index is -1.46. The van der Waals surface area contributed by atoms with Crippen LogP contribution in [-0.4, -0.2) is 5.11 Å². The summed E-state index contributed by atoms with van der Waals surface area (Å²) in [5.74, 6) is -3.63. The molecular formula is C12H9F3O. The van der Waals surface area contributed by atoms with Crippen LogP contribution in [0, 0.1) is 17.5 Å². The Balaban J connectivity index is 2.42. The summed E-state index contributed by atoms with van der Waals surface area (Å²) in [6.07, 6.45) is 3.95. The Bertz CT molecular complexity index is 466. The zero-order valence-corrected chi connectivity index (χ0v) is 8.30. The molecule has 1 aromatic carbocycles. The van der Waals surface area contributed by atoms with Gasteiger partial charge in [-0.3, -0.25) is 0 Å². The standard InChI is InChI=1S/C12H9F3O/c13-10-5-8(6-11(14)12(10)15)7-1-3-9(16)4-2-7/h1,3,5-6,16H,2,4H2. The second kappa shape index (κ2) is 4.04. The van der Waals surface area contributed by atoms with Crippen molar-refractivity contribution in [3.8, 4) is 0 Å². The number of rotatable bonds is 1. The van der Waals surface area contributed by atoms with Gasteiger partial charge in [-0.1, -0.05) is 6.08 Å². The van der Waals surface area contributed by atoms with E-state index in [0.29, 0.717) is 24.0 Å². The van der Waals surface area contributed by atoms with Gasteiger partial charge in [0.25, 0.3) is 0 Å². The highest BCUT2D eigenvalue weighted by molar-refractivity contribution is 5.68. The quantitative estimate of drug-likeness (QED) is 0.723. The summed E-state index contributed by atoms with van der Waals surface area (Å²) in [5, 5.41) is 9.14. The fourth-order valence-electron chi connectivity index (χ4n) is 1.61. The summed E-state index contributed by atoms with van der Waals surface area (Å²) in [7, 11) is 0. The molecule has 4 heteroatoms. The molecule has 1 N–H and O–H groups in total. The molecule has 1 nitrogen and oxygen atoms in total. The third-order valence-corrected chi connectivity index (χ3v) is 2.48.